The number of methoxy groups -OCH3 is 1. The highest BCUT2D eigenvalue weighted by Crippen LogP contribution is 2.33. The number of esters is 1. The highest BCUT2D eigenvalue weighted by Gasteiger charge is 2.38. The number of nitrogens with two attached hydrogens (primary N) is 1. The molecule has 222 valence electrons. The van der Waals surface area contributed by atoms with Gasteiger partial charge in [0, 0.05) is 29.6 Å². The van der Waals surface area contributed by atoms with E-state index in [1.807, 2.05) is 68.4 Å². The van der Waals surface area contributed by atoms with Gasteiger partial charge in [0.2, 0.25) is 0 Å². The number of alkyl halides is 3. The second-order valence-corrected chi connectivity index (χ2v) is 9.96. The maximum atomic E-state index is 13.4. The van der Waals surface area contributed by atoms with Crippen molar-refractivity contribution in [3.05, 3.63) is 66.2 Å². The Hall–Kier alpha value is -3.77. The highest BCUT2D eigenvalue weighted by atomic mass is 32.1. The number of aliphatic carboxylic acids is 1. The summed E-state index contributed by atoms with van der Waals surface area (Å²) >= 11 is 4.25. The normalized spacial score (nSPS) is 12.6. The Bertz CT molecular complexity index is 1350. The Morgan fingerprint density at radius 3 is 2.24 bits per heavy atom. The number of halogens is 3. The number of ether oxygens (including phenoxy) is 1. The van der Waals surface area contributed by atoms with Crippen molar-refractivity contribution in [2.75, 3.05) is 24.7 Å². The number of carbonyl (C=O) groups is 3. The molecule has 0 fully saturated rings. The quantitative estimate of drug-likeness (QED) is 0.163. The first-order chi connectivity index (χ1) is 19.3. The lowest BCUT2D eigenvalue weighted by Gasteiger charge is -2.20. The molecule has 0 aliphatic carbocycles. The lowest BCUT2D eigenvalue weighted by Crippen LogP contribution is -2.42. The van der Waals surface area contributed by atoms with Crippen LogP contribution in [-0.2, 0) is 14.3 Å². The van der Waals surface area contributed by atoms with Crippen molar-refractivity contribution in [3.8, 4) is 11.1 Å². The van der Waals surface area contributed by atoms with Crippen LogP contribution in [-0.4, -0.2) is 60.6 Å². The average molecular weight is 594 g/mol. The number of benzene rings is 3. The minimum Gasteiger partial charge on any atom is -0.475 e. The smallest absolute Gasteiger partial charge is 0.475 e. The SMILES string of the molecule is COC(=O)C(CC(C)C)NC(=O)c1ccc(NCC(N)CS)cc1-c1cccc2ccccc12.O=C(O)C(F)(F)F. The van der Waals surface area contributed by atoms with Gasteiger partial charge in [0.1, 0.15) is 6.04 Å². The molecule has 0 saturated heterocycles. The lowest BCUT2D eigenvalue weighted by molar-refractivity contribution is -0.192. The molecule has 2 unspecified atom stereocenters. The molecule has 12 heteroatoms. The van der Waals surface area contributed by atoms with Crippen LogP contribution in [0.2, 0.25) is 0 Å². The van der Waals surface area contributed by atoms with E-state index in [4.69, 9.17) is 20.4 Å². The van der Waals surface area contributed by atoms with Crippen LogP contribution in [0.3, 0.4) is 0 Å². The zero-order valence-electron chi connectivity index (χ0n) is 22.9. The molecule has 3 rings (SSSR count). The first-order valence-corrected chi connectivity index (χ1v) is 13.3. The Morgan fingerprint density at radius 1 is 1.02 bits per heavy atom. The van der Waals surface area contributed by atoms with Crippen LogP contribution >= 0.6 is 12.6 Å². The van der Waals surface area contributed by atoms with Crippen LogP contribution in [0, 0.1) is 5.92 Å². The average Bonchev–Trinajstić information content (AvgIpc) is 2.94. The summed E-state index contributed by atoms with van der Waals surface area (Å²) < 4.78 is 36.7. The van der Waals surface area contributed by atoms with E-state index in [1.165, 1.54) is 7.11 Å². The second kappa shape index (κ2) is 15.3. The second-order valence-electron chi connectivity index (χ2n) is 9.59. The maximum Gasteiger partial charge on any atom is 0.490 e. The van der Waals surface area contributed by atoms with Crippen molar-refractivity contribution < 1.29 is 37.4 Å². The topological polar surface area (TPSA) is 131 Å². The van der Waals surface area contributed by atoms with Crippen molar-refractivity contribution in [3.63, 3.8) is 0 Å². The van der Waals surface area contributed by atoms with Crippen molar-refractivity contribution in [2.24, 2.45) is 11.7 Å². The number of hydrogen-bond acceptors (Lipinski definition) is 7. The summed E-state index contributed by atoms with van der Waals surface area (Å²) in [5, 5.41) is 15.5. The molecule has 2 atom stereocenters. The summed E-state index contributed by atoms with van der Waals surface area (Å²) in [4.78, 5) is 34.6. The Morgan fingerprint density at radius 2 is 1.66 bits per heavy atom. The van der Waals surface area contributed by atoms with E-state index >= 15 is 0 Å². The lowest BCUT2D eigenvalue weighted by atomic mass is 9.93. The van der Waals surface area contributed by atoms with Crippen molar-refractivity contribution in [1.82, 2.24) is 5.32 Å². The van der Waals surface area contributed by atoms with Gasteiger partial charge in [-0.05, 0) is 52.4 Å². The molecule has 0 aromatic heterocycles. The molecule has 0 aliphatic heterocycles. The van der Waals surface area contributed by atoms with Gasteiger partial charge < -0.3 is 26.2 Å². The van der Waals surface area contributed by atoms with E-state index in [1.54, 1.807) is 6.07 Å². The number of carbonyl (C=O) groups excluding carboxylic acids is 2. The fourth-order valence-electron chi connectivity index (χ4n) is 3.91. The third-order valence-corrected chi connectivity index (χ3v) is 6.36. The van der Waals surface area contributed by atoms with Gasteiger partial charge in [-0.25, -0.2) is 9.59 Å². The van der Waals surface area contributed by atoms with Crippen LogP contribution in [0.4, 0.5) is 18.9 Å². The number of anilines is 1. The first kappa shape index (κ1) is 33.4. The van der Waals surface area contributed by atoms with Crippen molar-refractivity contribution in [2.45, 2.75) is 38.5 Å². The molecule has 0 spiro atoms. The van der Waals surface area contributed by atoms with Crippen LogP contribution < -0.4 is 16.4 Å². The van der Waals surface area contributed by atoms with Gasteiger partial charge in [0.05, 0.1) is 7.11 Å². The summed E-state index contributed by atoms with van der Waals surface area (Å²) in [6.45, 7) is 4.56. The van der Waals surface area contributed by atoms with Crippen LogP contribution in [0.25, 0.3) is 21.9 Å². The largest absolute Gasteiger partial charge is 0.490 e. The van der Waals surface area contributed by atoms with Crippen LogP contribution in [0.5, 0.6) is 0 Å². The maximum absolute atomic E-state index is 13.4. The number of rotatable bonds is 10. The van der Waals surface area contributed by atoms with E-state index < -0.39 is 24.2 Å². The van der Waals surface area contributed by atoms with Crippen molar-refractivity contribution in [1.29, 1.82) is 0 Å². The monoisotopic (exact) mass is 593 g/mol. The summed E-state index contributed by atoms with van der Waals surface area (Å²) in [7, 11) is 1.33. The highest BCUT2D eigenvalue weighted by molar-refractivity contribution is 7.80. The summed E-state index contributed by atoms with van der Waals surface area (Å²) in [5.41, 5.74) is 9.05. The van der Waals surface area contributed by atoms with E-state index in [0.717, 1.165) is 27.6 Å². The fourth-order valence-corrected chi connectivity index (χ4v) is 4.04. The molecule has 3 aromatic rings. The summed E-state index contributed by atoms with van der Waals surface area (Å²) in [6, 6.07) is 18.9. The Labute approximate surface area is 241 Å². The Balaban J connectivity index is 0.000000745. The minimum atomic E-state index is -5.08. The summed E-state index contributed by atoms with van der Waals surface area (Å²) in [6.07, 6.45) is -4.59. The molecule has 0 aliphatic rings. The van der Waals surface area contributed by atoms with Gasteiger partial charge >= 0.3 is 18.1 Å². The third-order valence-electron chi connectivity index (χ3n) is 5.89. The minimum absolute atomic E-state index is 0.0934. The summed E-state index contributed by atoms with van der Waals surface area (Å²) in [5.74, 6) is -2.75. The van der Waals surface area contributed by atoms with Gasteiger partial charge in [-0.15, -0.1) is 0 Å². The van der Waals surface area contributed by atoms with E-state index in [0.29, 0.717) is 24.3 Å². The van der Waals surface area contributed by atoms with Gasteiger partial charge in [0.15, 0.2) is 0 Å². The predicted octanol–water partition coefficient (Wildman–Crippen LogP) is 5.13. The molecule has 0 saturated carbocycles. The number of amides is 1. The van der Waals surface area contributed by atoms with Gasteiger partial charge in [-0.2, -0.15) is 25.8 Å². The third kappa shape index (κ3) is 9.98. The van der Waals surface area contributed by atoms with Crippen LogP contribution in [0.15, 0.2) is 60.7 Å². The van der Waals surface area contributed by atoms with Gasteiger partial charge in [-0.3, -0.25) is 4.79 Å². The molecule has 0 radical (unpaired) electrons. The number of fused-ring (bicyclic) bond motifs is 1. The van der Waals surface area contributed by atoms with Gasteiger partial charge in [0.25, 0.3) is 5.91 Å². The first-order valence-electron chi connectivity index (χ1n) is 12.7. The Kier molecular flexibility index (Phi) is 12.5. The zero-order chi connectivity index (χ0) is 30.7. The molecule has 41 heavy (non-hydrogen) atoms. The molecular formula is C29H34F3N3O5S. The fraction of sp³-hybridized carbons (Fsp3) is 0.345. The predicted molar refractivity (Wildman–Crippen MR) is 156 cm³/mol. The number of hydrogen-bond donors (Lipinski definition) is 5. The number of carboxylic acids is 1. The molecular weight excluding hydrogens is 559 g/mol. The number of carboxylic acid groups (broad SMARTS) is 1. The molecule has 5 N–H and O–H groups in total. The molecule has 1 amide bonds. The van der Waals surface area contributed by atoms with E-state index in [9.17, 15) is 22.8 Å². The number of thiol groups is 1. The number of nitrogens with one attached hydrogen (secondary N) is 2. The zero-order valence-corrected chi connectivity index (χ0v) is 23.8. The molecule has 8 nitrogen and oxygen atoms in total. The molecule has 3 aromatic carbocycles. The molecule has 0 bridgehead atoms. The van der Waals surface area contributed by atoms with E-state index in [-0.39, 0.29) is 17.9 Å². The van der Waals surface area contributed by atoms with E-state index in [2.05, 4.69) is 23.3 Å². The van der Waals surface area contributed by atoms with Crippen LogP contribution in [0.1, 0.15) is 30.6 Å². The van der Waals surface area contributed by atoms with Crippen molar-refractivity contribution >= 4 is 46.9 Å². The standard InChI is InChI=1S/C27H33N3O3S.C2HF3O2/c1-17(2)13-25(27(32)33-3)30-26(31)23-12-11-20(29-15-19(28)16-34)14-24(23)22-10-6-8-18-7-4-5-9-21(18)22;3-2(4,5)1(6)7/h4-12,14,17,19,25,29,34H,13,15-16,28H2,1-3H3,(H,30,31);(H,6,7). The molecule has 0 heterocycles. The van der Waals surface area contributed by atoms with Gasteiger partial charge in [-0.1, -0.05) is 56.3 Å².